The first-order chi connectivity index (χ1) is 4.74. The zero-order chi connectivity index (χ0) is 7.56. The van der Waals surface area contributed by atoms with Crippen LogP contribution in [0.15, 0.2) is 0 Å². The summed E-state index contributed by atoms with van der Waals surface area (Å²) >= 11 is 0. The molecule has 0 amide bonds. The minimum Gasteiger partial charge on any atom is -0.384 e. The van der Waals surface area contributed by atoms with Crippen LogP contribution in [0, 0.1) is 11.8 Å². The van der Waals surface area contributed by atoms with Crippen LogP contribution in [0.5, 0.6) is 0 Å². The van der Waals surface area contributed by atoms with Crippen LogP contribution in [0.1, 0.15) is 6.92 Å². The van der Waals surface area contributed by atoms with Crippen molar-refractivity contribution in [1.29, 1.82) is 0 Å². The molecule has 0 saturated carbocycles. The Bertz CT molecular complexity index is 105. The Balaban J connectivity index is 2.31. The van der Waals surface area contributed by atoms with Crippen LogP contribution < -0.4 is 0 Å². The van der Waals surface area contributed by atoms with Gasteiger partial charge in [0.1, 0.15) is 0 Å². The van der Waals surface area contributed by atoms with Crippen LogP contribution in [0.3, 0.4) is 0 Å². The minimum atomic E-state index is 0.759. The largest absolute Gasteiger partial charge is 0.384 e. The maximum atomic E-state index is 5.12. The number of rotatable bonds is 2. The number of nitrogens with zero attached hydrogens (tertiary/aromatic N) is 1. The number of methoxy groups -OCH3 is 1. The lowest BCUT2D eigenvalue weighted by molar-refractivity contribution is 0.141. The van der Waals surface area contributed by atoms with Crippen molar-refractivity contribution in [2.24, 2.45) is 11.8 Å². The van der Waals surface area contributed by atoms with Crippen molar-refractivity contribution in [1.82, 2.24) is 4.90 Å². The summed E-state index contributed by atoms with van der Waals surface area (Å²) < 4.78 is 5.12. The number of ether oxygens (including phenoxy) is 1. The highest BCUT2D eigenvalue weighted by molar-refractivity contribution is 4.78. The molecule has 1 aliphatic heterocycles. The van der Waals surface area contributed by atoms with Crippen molar-refractivity contribution in [3.8, 4) is 0 Å². The van der Waals surface area contributed by atoms with Crippen LogP contribution in [0.2, 0.25) is 0 Å². The van der Waals surface area contributed by atoms with Gasteiger partial charge < -0.3 is 9.64 Å². The molecule has 0 aromatic carbocycles. The third-order valence-electron chi connectivity index (χ3n) is 2.33. The van der Waals surface area contributed by atoms with Gasteiger partial charge in [-0.25, -0.2) is 0 Å². The normalized spacial score (nSPS) is 35.1. The molecular formula is C8H17NO. The predicted molar refractivity (Wildman–Crippen MR) is 42.0 cm³/mol. The van der Waals surface area contributed by atoms with Gasteiger partial charge in [-0.15, -0.1) is 0 Å². The molecule has 10 heavy (non-hydrogen) atoms. The van der Waals surface area contributed by atoms with Crippen LogP contribution in [0.25, 0.3) is 0 Å². The maximum Gasteiger partial charge on any atom is 0.0505 e. The molecule has 1 rings (SSSR count). The summed E-state index contributed by atoms with van der Waals surface area (Å²) in [5.41, 5.74) is 0. The first kappa shape index (κ1) is 8.02. The Labute approximate surface area is 63.2 Å². The summed E-state index contributed by atoms with van der Waals surface area (Å²) in [7, 11) is 3.96. The summed E-state index contributed by atoms with van der Waals surface area (Å²) in [6.07, 6.45) is 0. The van der Waals surface area contributed by atoms with Gasteiger partial charge in [0.05, 0.1) is 6.61 Å². The molecule has 0 radical (unpaired) electrons. The van der Waals surface area contributed by atoms with Crippen molar-refractivity contribution in [3.63, 3.8) is 0 Å². The molecule has 2 nitrogen and oxygen atoms in total. The van der Waals surface area contributed by atoms with E-state index in [1.165, 1.54) is 13.1 Å². The number of hydrogen-bond acceptors (Lipinski definition) is 2. The van der Waals surface area contributed by atoms with E-state index in [4.69, 9.17) is 4.74 Å². The fraction of sp³-hybridized carbons (Fsp3) is 1.00. The smallest absolute Gasteiger partial charge is 0.0505 e. The zero-order valence-corrected chi connectivity index (χ0v) is 7.13. The second-order valence-corrected chi connectivity index (χ2v) is 3.41. The Kier molecular flexibility index (Phi) is 2.69. The van der Waals surface area contributed by atoms with E-state index >= 15 is 0 Å². The fourth-order valence-electron chi connectivity index (χ4n) is 1.73. The molecule has 0 N–H and O–H groups in total. The van der Waals surface area contributed by atoms with E-state index in [9.17, 15) is 0 Å². The number of hydrogen-bond donors (Lipinski definition) is 0. The Morgan fingerprint density at radius 1 is 1.50 bits per heavy atom. The Morgan fingerprint density at radius 3 is 2.60 bits per heavy atom. The highest BCUT2D eigenvalue weighted by Gasteiger charge is 2.26. The average molecular weight is 143 g/mol. The second kappa shape index (κ2) is 3.35. The van der Waals surface area contributed by atoms with E-state index in [0.717, 1.165) is 18.4 Å². The lowest BCUT2D eigenvalue weighted by Crippen LogP contribution is -2.16. The van der Waals surface area contributed by atoms with Gasteiger partial charge in [-0.3, -0.25) is 0 Å². The van der Waals surface area contributed by atoms with Gasteiger partial charge >= 0.3 is 0 Å². The van der Waals surface area contributed by atoms with Gasteiger partial charge in [0.15, 0.2) is 0 Å². The van der Waals surface area contributed by atoms with Crippen molar-refractivity contribution in [2.75, 3.05) is 33.9 Å². The van der Waals surface area contributed by atoms with Crippen LogP contribution in [0.4, 0.5) is 0 Å². The minimum absolute atomic E-state index is 0.759. The molecule has 0 aliphatic carbocycles. The molecule has 2 heteroatoms. The summed E-state index contributed by atoms with van der Waals surface area (Å²) in [4.78, 5) is 2.37. The third-order valence-corrected chi connectivity index (χ3v) is 2.33. The van der Waals surface area contributed by atoms with Gasteiger partial charge in [0, 0.05) is 20.2 Å². The van der Waals surface area contributed by atoms with Crippen LogP contribution in [-0.4, -0.2) is 38.8 Å². The molecule has 0 unspecified atom stereocenters. The monoisotopic (exact) mass is 143 g/mol. The van der Waals surface area contributed by atoms with Crippen molar-refractivity contribution >= 4 is 0 Å². The van der Waals surface area contributed by atoms with E-state index in [1.54, 1.807) is 7.11 Å². The molecule has 0 aromatic heterocycles. The zero-order valence-electron chi connectivity index (χ0n) is 7.13. The van der Waals surface area contributed by atoms with Gasteiger partial charge in [-0.05, 0) is 18.9 Å². The summed E-state index contributed by atoms with van der Waals surface area (Å²) in [5.74, 6) is 1.57. The van der Waals surface area contributed by atoms with E-state index < -0.39 is 0 Å². The molecule has 2 atom stereocenters. The molecule has 1 aliphatic rings. The van der Waals surface area contributed by atoms with E-state index in [0.29, 0.717) is 0 Å². The van der Waals surface area contributed by atoms with Crippen molar-refractivity contribution in [3.05, 3.63) is 0 Å². The van der Waals surface area contributed by atoms with Crippen molar-refractivity contribution in [2.45, 2.75) is 6.92 Å². The fourth-order valence-corrected chi connectivity index (χ4v) is 1.73. The quantitative estimate of drug-likeness (QED) is 0.567. The lowest BCUT2D eigenvalue weighted by atomic mass is 10.00. The number of likely N-dealkylation sites (tertiary alicyclic amines) is 1. The molecule has 1 heterocycles. The predicted octanol–water partition coefficient (Wildman–Crippen LogP) is 0.831. The SMILES string of the molecule is COC[C@@H]1CN(C)C[C@@H]1C. The molecule has 1 fully saturated rings. The molecular weight excluding hydrogens is 126 g/mol. The molecule has 0 spiro atoms. The van der Waals surface area contributed by atoms with Gasteiger partial charge in [-0.1, -0.05) is 6.92 Å². The molecule has 0 aromatic rings. The molecule has 1 saturated heterocycles. The first-order valence-corrected chi connectivity index (χ1v) is 3.91. The topological polar surface area (TPSA) is 12.5 Å². The molecule has 0 bridgehead atoms. The highest BCUT2D eigenvalue weighted by atomic mass is 16.5. The summed E-state index contributed by atoms with van der Waals surface area (Å²) in [5, 5.41) is 0. The highest BCUT2D eigenvalue weighted by Crippen LogP contribution is 2.20. The van der Waals surface area contributed by atoms with Gasteiger partial charge in [0.25, 0.3) is 0 Å². The van der Waals surface area contributed by atoms with E-state index in [1.807, 2.05) is 0 Å². The summed E-state index contributed by atoms with van der Waals surface area (Å²) in [6.45, 7) is 5.65. The van der Waals surface area contributed by atoms with Crippen LogP contribution in [-0.2, 0) is 4.74 Å². The van der Waals surface area contributed by atoms with Crippen LogP contribution >= 0.6 is 0 Å². The first-order valence-electron chi connectivity index (χ1n) is 3.91. The van der Waals surface area contributed by atoms with Gasteiger partial charge in [0.2, 0.25) is 0 Å². The molecule has 60 valence electrons. The van der Waals surface area contributed by atoms with E-state index in [2.05, 4.69) is 18.9 Å². The Hall–Kier alpha value is -0.0800. The van der Waals surface area contributed by atoms with Gasteiger partial charge in [-0.2, -0.15) is 0 Å². The second-order valence-electron chi connectivity index (χ2n) is 3.41. The average Bonchev–Trinajstić information content (AvgIpc) is 2.13. The maximum absolute atomic E-state index is 5.12. The van der Waals surface area contributed by atoms with Crippen molar-refractivity contribution < 1.29 is 4.74 Å². The lowest BCUT2D eigenvalue weighted by Gasteiger charge is -2.11. The Morgan fingerprint density at radius 2 is 2.20 bits per heavy atom. The summed E-state index contributed by atoms with van der Waals surface area (Å²) in [6, 6.07) is 0. The van der Waals surface area contributed by atoms with E-state index in [-0.39, 0.29) is 0 Å². The third kappa shape index (κ3) is 1.70. The standard InChI is InChI=1S/C8H17NO/c1-7-4-9(2)5-8(7)6-10-3/h7-8H,4-6H2,1-3H3/t7-,8-/m0/s1.